The number of benzene rings is 3. The summed E-state index contributed by atoms with van der Waals surface area (Å²) in [4.78, 5) is 17.7. The van der Waals surface area contributed by atoms with Gasteiger partial charge in [0.1, 0.15) is 11.6 Å². The summed E-state index contributed by atoms with van der Waals surface area (Å²) in [6.07, 6.45) is 0.795. The standard InChI is InChI=1S/C27H29N3O5/c1-32-23-16-19(17-24(33-2)26(23)34-3)27(31)28-18-25-29-21-12-7-8-13-22(21)30(25)14-9-15-35-20-10-5-4-6-11-20/h4-8,10-13,16-17H,9,14-15,18H2,1-3H3,(H,28,31). The zero-order chi connectivity index (χ0) is 24.6. The summed E-state index contributed by atoms with van der Waals surface area (Å²) in [7, 11) is 4.56. The van der Waals surface area contributed by atoms with E-state index in [2.05, 4.69) is 9.88 Å². The fourth-order valence-electron chi connectivity index (χ4n) is 3.91. The van der Waals surface area contributed by atoms with Gasteiger partial charge in [0.15, 0.2) is 11.5 Å². The van der Waals surface area contributed by atoms with Crippen LogP contribution in [0.2, 0.25) is 0 Å². The molecule has 1 amide bonds. The van der Waals surface area contributed by atoms with Crippen molar-refractivity contribution in [2.45, 2.75) is 19.5 Å². The van der Waals surface area contributed by atoms with Crippen LogP contribution in [0.5, 0.6) is 23.0 Å². The van der Waals surface area contributed by atoms with Crippen molar-refractivity contribution in [3.63, 3.8) is 0 Å². The van der Waals surface area contributed by atoms with Gasteiger partial charge in [-0.05, 0) is 42.8 Å². The Kier molecular flexibility index (Phi) is 7.72. The lowest BCUT2D eigenvalue weighted by Crippen LogP contribution is -2.25. The third-order valence-corrected chi connectivity index (χ3v) is 5.61. The largest absolute Gasteiger partial charge is 0.494 e. The van der Waals surface area contributed by atoms with Gasteiger partial charge >= 0.3 is 0 Å². The molecule has 3 aromatic carbocycles. The maximum atomic E-state index is 13.0. The molecule has 0 aliphatic rings. The van der Waals surface area contributed by atoms with Crippen molar-refractivity contribution in [1.82, 2.24) is 14.9 Å². The number of fused-ring (bicyclic) bond motifs is 1. The topological polar surface area (TPSA) is 83.8 Å². The molecule has 182 valence electrons. The molecule has 0 saturated heterocycles. The molecule has 0 aliphatic heterocycles. The molecule has 0 atom stereocenters. The molecule has 0 saturated carbocycles. The van der Waals surface area contributed by atoms with Gasteiger partial charge in [-0.15, -0.1) is 0 Å². The number of para-hydroxylation sites is 3. The van der Waals surface area contributed by atoms with Crippen LogP contribution in [0.4, 0.5) is 0 Å². The fraction of sp³-hybridized carbons (Fsp3) is 0.259. The van der Waals surface area contributed by atoms with Crippen LogP contribution in [-0.4, -0.2) is 43.4 Å². The Bertz CT molecular complexity index is 1260. The monoisotopic (exact) mass is 475 g/mol. The lowest BCUT2D eigenvalue weighted by molar-refractivity contribution is 0.0948. The molecule has 0 fully saturated rings. The molecule has 0 bridgehead atoms. The third-order valence-electron chi connectivity index (χ3n) is 5.61. The number of amides is 1. The summed E-state index contributed by atoms with van der Waals surface area (Å²) >= 11 is 0. The highest BCUT2D eigenvalue weighted by atomic mass is 16.5. The molecule has 4 aromatic rings. The van der Waals surface area contributed by atoms with Gasteiger partial charge in [0.2, 0.25) is 5.75 Å². The van der Waals surface area contributed by atoms with Gasteiger partial charge in [-0.2, -0.15) is 0 Å². The van der Waals surface area contributed by atoms with E-state index in [9.17, 15) is 4.79 Å². The van der Waals surface area contributed by atoms with Gasteiger partial charge in [0.05, 0.1) is 45.5 Å². The van der Waals surface area contributed by atoms with Crippen molar-refractivity contribution < 1.29 is 23.7 Å². The predicted octanol–water partition coefficient (Wildman–Crippen LogP) is 4.46. The van der Waals surface area contributed by atoms with Crippen molar-refractivity contribution in [3.05, 3.63) is 78.1 Å². The Hall–Kier alpha value is -4.20. The molecule has 35 heavy (non-hydrogen) atoms. The number of hydrogen-bond donors (Lipinski definition) is 1. The Labute approximate surface area is 204 Å². The maximum absolute atomic E-state index is 13.0. The number of ether oxygens (including phenoxy) is 4. The zero-order valence-electron chi connectivity index (χ0n) is 20.1. The molecule has 0 aliphatic carbocycles. The van der Waals surface area contributed by atoms with Crippen molar-refractivity contribution >= 4 is 16.9 Å². The predicted molar refractivity (Wildman–Crippen MR) is 134 cm³/mol. The minimum Gasteiger partial charge on any atom is -0.494 e. The smallest absolute Gasteiger partial charge is 0.251 e. The second-order valence-electron chi connectivity index (χ2n) is 7.78. The van der Waals surface area contributed by atoms with Gasteiger partial charge < -0.3 is 28.8 Å². The van der Waals surface area contributed by atoms with Crippen molar-refractivity contribution in [3.8, 4) is 23.0 Å². The fourth-order valence-corrected chi connectivity index (χ4v) is 3.91. The van der Waals surface area contributed by atoms with E-state index < -0.39 is 0 Å². The molecule has 1 heterocycles. The highest BCUT2D eigenvalue weighted by Crippen LogP contribution is 2.38. The minimum atomic E-state index is -0.268. The third kappa shape index (κ3) is 5.48. The number of methoxy groups -OCH3 is 3. The van der Waals surface area contributed by atoms with Crippen LogP contribution in [0.15, 0.2) is 66.7 Å². The van der Waals surface area contributed by atoms with E-state index >= 15 is 0 Å². The second-order valence-corrected chi connectivity index (χ2v) is 7.78. The number of carbonyl (C=O) groups excluding carboxylic acids is 1. The first-order valence-corrected chi connectivity index (χ1v) is 11.3. The first-order chi connectivity index (χ1) is 17.1. The van der Waals surface area contributed by atoms with E-state index in [1.807, 2.05) is 54.6 Å². The maximum Gasteiger partial charge on any atom is 0.251 e. The van der Waals surface area contributed by atoms with Crippen LogP contribution in [0, 0.1) is 0 Å². The van der Waals surface area contributed by atoms with Crippen LogP contribution in [0.1, 0.15) is 22.6 Å². The van der Waals surface area contributed by atoms with Gasteiger partial charge in [0.25, 0.3) is 5.91 Å². The zero-order valence-corrected chi connectivity index (χ0v) is 20.1. The summed E-state index contributed by atoms with van der Waals surface area (Å²) in [6.45, 7) is 1.56. The number of imidazole rings is 1. The van der Waals surface area contributed by atoms with E-state index in [4.69, 9.17) is 23.9 Å². The first-order valence-electron chi connectivity index (χ1n) is 11.3. The normalized spacial score (nSPS) is 10.7. The van der Waals surface area contributed by atoms with E-state index in [1.165, 1.54) is 21.3 Å². The number of aromatic nitrogens is 2. The first kappa shape index (κ1) is 23.9. The summed E-state index contributed by atoms with van der Waals surface area (Å²) in [5, 5.41) is 2.97. The van der Waals surface area contributed by atoms with Crippen LogP contribution in [0.25, 0.3) is 11.0 Å². The van der Waals surface area contributed by atoms with Crippen LogP contribution < -0.4 is 24.3 Å². The van der Waals surface area contributed by atoms with Gasteiger partial charge in [-0.1, -0.05) is 30.3 Å². The lowest BCUT2D eigenvalue weighted by Gasteiger charge is -2.14. The molecule has 8 nitrogen and oxygen atoms in total. The molecular weight excluding hydrogens is 446 g/mol. The summed E-state index contributed by atoms with van der Waals surface area (Å²) in [5.41, 5.74) is 2.30. The number of hydrogen-bond acceptors (Lipinski definition) is 6. The van der Waals surface area contributed by atoms with Gasteiger partial charge in [-0.3, -0.25) is 4.79 Å². The Balaban J connectivity index is 1.47. The van der Waals surface area contributed by atoms with Crippen LogP contribution >= 0.6 is 0 Å². The Morgan fingerprint density at radius 1 is 0.914 bits per heavy atom. The average molecular weight is 476 g/mol. The van der Waals surface area contributed by atoms with Crippen LogP contribution in [0.3, 0.4) is 0 Å². The Morgan fingerprint density at radius 2 is 1.60 bits per heavy atom. The van der Waals surface area contributed by atoms with E-state index in [0.717, 1.165) is 29.0 Å². The van der Waals surface area contributed by atoms with E-state index in [0.29, 0.717) is 36.0 Å². The van der Waals surface area contributed by atoms with Crippen molar-refractivity contribution in [2.75, 3.05) is 27.9 Å². The molecule has 0 unspecified atom stereocenters. The lowest BCUT2D eigenvalue weighted by atomic mass is 10.1. The highest BCUT2D eigenvalue weighted by Gasteiger charge is 2.18. The van der Waals surface area contributed by atoms with E-state index in [1.54, 1.807) is 12.1 Å². The molecular formula is C27H29N3O5. The molecule has 0 radical (unpaired) electrons. The molecule has 4 rings (SSSR count). The SMILES string of the molecule is COc1cc(C(=O)NCc2nc3ccccc3n2CCCOc2ccccc2)cc(OC)c1OC. The quantitative estimate of drug-likeness (QED) is 0.323. The van der Waals surface area contributed by atoms with Crippen molar-refractivity contribution in [2.24, 2.45) is 0 Å². The second kappa shape index (κ2) is 11.3. The molecule has 8 heteroatoms. The molecule has 1 aromatic heterocycles. The minimum absolute atomic E-state index is 0.268. The van der Waals surface area contributed by atoms with Crippen LogP contribution in [-0.2, 0) is 13.1 Å². The summed E-state index contributed by atoms with van der Waals surface area (Å²) in [5.74, 6) is 2.62. The molecule has 0 spiro atoms. The van der Waals surface area contributed by atoms with Crippen molar-refractivity contribution in [1.29, 1.82) is 0 Å². The van der Waals surface area contributed by atoms with Gasteiger partial charge in [0, 0.05) is 12.1 Å². The van der Waals surface area contributed by atoms with Gasteiger partial charge in [-0.25, -0.2) is 4.98 Å². The Morgan fingerprint density at radius 3 is 2.29 bits per heavy atom. The highest BCUT2D eigenvalue weighted by molar-refractivity contribution is 5.95. The summed E-state index contributed by atoms with van der Waals surface area (Å²) < 4.78 is 24.0. The summed E-state index contributed by atoms with van der Waals surface area (Å²) in [6, 6.07) is 20.9. The number of aryl methyl sites for hydroxylation is 1. The number of rotatable bonds is 11. The average Bonchev–Trinajstić information content (AvgIpc) is 3.26. The number of nitrogens with zero attached hydrogens (tertiary/aromatic N) is 2. The number of nitrogens with one attached hydrogen (secondary N) is 1. The van der Waals surface area contributed by atoms with E-state index in [-0.39, 0.29) is 12.5 Å². The number of carbonyl (C=O) groups is 1. The molecule has 1 N–H and O–H groups in total.